The number of carbonyl (C=O) groups is 1. The molecular weight excluding hydrogens is 368 g/mol. The van der Waals surface area contributed by atoms with Gasteiger partial charge in [0.1, 0.15) is 0 Å². The van der Waals surface area contributed by atoms with Crippen molar-refractivity contribution >= 4 is 32.6 Å². The first kappa shape index (κ1) is 18.4. The second kappa shape index (κ2) is 7.56. The molecule has 0 N–H and O–H groups in total. The zero-order valence-corrected chi connectivity index (χ0v) is 17.0. The third kappa shape index (κ3) is 3.43. The molecule has 142 valence electrons. The Morgan fingerprint density at radius 1 is 1.11 bits per heavy atom. The molecule has 0 spiro atoms. The zero-order chi connectivity index (χ0) is 19.7. The van der Waals surface area contributed by atoms with Crippen molar-refractivity contribution in [2.24, 2.45) is 0 Å². The Morgan fingerprint density at radius 2 is 1.89 bits per heavy atom. The Bertz CT molecular complexity index is 1130. The predicted molar refractivity (Wildman–Crippen MR) is 114 cm³/mol. The molecule has 0 aliphatic rings. The van der Waals surface area contributed by atoms with E-state index in [-0.39, 0.29) is 5.91 Å². The lowest BCUT2D eigenvalue weighted by atomic mass is 10.1. The van der Waals surface area contributed by atoms with E-state index in [1.54, 1.807) is 27.0 Å². The molecule has 4 aromatic rings. The second-order valence-electron chi connectivity index (χ2n) is 6.78. The van der Waals surface area contributed by atoms with Gasteiger partial charge in [-0.05, 0) is 49.6 Å². The van der Waals surface area contributed by atoms with Crippen molar-refractivity contribution in [1.82, 2.24) is 14.8 Å². The average Bonchev–Trinajstić information content (AvgIpc) is 3.36. The van der Waals surface area contributed by atoms with Crippen LogP contribution in [0.25, 0.3) is 10.2 Å². The molecule has 0 bridgehead atoms. The van der Waals surface area contributed by atoms with Gasteiger partial charge in [0.15, 0.2) is 10.8 Å². The Hall–Kier alpha value is -2.99. The fourth-order valence-corrected chi connectivity index (χ4v) is 4.13. The first-order valence-corrected chi connectivity index (χ1v) is 10.1. The number of carbonyl (C=O) groups excluding carboxylic acids is 1. The third-order valence-corrected chi connectivity index (χ3v) is 5.96. The van der Waals surface area contributed by atoms with Crippen LogP contribution in [0, 0.1) is 13.8 Å². The molecular formula is C22H22N4OS. The summed E-state index contributed by atoms with van der Waals surface area (Å²) in [7, 11) is 0. The largest absolute Gasteiger partial charge is 0.280 e. The number of aromatic nitrogens is 3. The number of hydrogen-bond acceptors (Lipinski definition) is 4. The summed E-state index contributed by atoms with van der Waals surface area (Å²) in [5, 5.41) is 5.10. The Labute approximate surface area is 168 Å². The molecule has 2 heterocycles. The minimum atomic E-state index is -0.135. The first-order chi connectivity index (χ1) is 13.6. The fourth-order valence-electron chi connectivity index (χ4n) is 3.11. The van der Waals surface area contributed by atoms with Gasteiger partial charge in [0.2, 0.25) is 0 Å². The number of rotatable bonds is 5. The first-order valence-electron chi connectivity index (χ1n) is 9.33. The van der Waals surface area contributed by atoms with Crippen LogP contribution in [0.2, 0.25) is 0 Å². The highest BCUT2D eigenvalue weighted by molar-refractivity contribution is 7.22. The summed E-state index contributed by atoms with van der Waals surface area (Å²) in [4.78, 5) is 19.9. The summed E-state index contributed by atoms with van der Waals surface area (Å²) < 4.78 is 2.85. The van der Waals surface area contributed by atoms with E-state index in [0.717, 1.165) is 27.9 Å². The molecule has 0 atom stereocenters. The molecule has 1 amide bonds. The van der Waals surface area contributed by atoms with E-state index < -0.39 is 0 Å². The van der Waals surface area contributed by atoms with E-state index in [2.05, 4.69) is 31.1 Å². The van der Waals surface area contributed by atoms with Crippen molar-refractivity contribution in [1.29, 1.82) is 0 Å². The number of thiazole rings is 1. The quantitative estimate of drug-likeness (QED) is 0.483. The molecule has 2 aromatic heterocycles. The molecule has 0 aliphatic carbocycles. The molecule has 28 heavy (non-hydrogen) atoms. The fraction of sp³-hybridized carbons (Fsp3) is 0.227. The van der Waals surface area contributed by atoms with E-state index in [0.29, 0.717) is 17.4 Å². The molecule has 4 rings (SSSR count). The van der Waals surface area contributed by atoms with E-state index in [1.165, 1.54) is 5.56 Å². The van der Waals surface area contributed by atoms with Crippen LogP contribution in [0.15, 0.2) is 54.7 Å². The maximum atomic E-state index is 13.3. The van der Waals surface area contributed by atoms with Crippen LogP contribution in [-0.4, -0.2) is 20.7 Å². The summed E-state index contributed by atoms with van der Waals surface area (Å²) in [5.41, 5.74) is 4.81. The van der Waals surface area contributed by atoms with E-state index >= 15 is 0 Å². The van der Waals surface area contributed by atoms with Gasteiger partial charge in [-0.15, -0.1) is 0 Å². The van der Waals surface area contributed by atoms with Gasteiger partial charge < -0.3 is 0 Å². The minimum Gasteiger partial charge on any atom is -0.278 e. The van der Waals surface area contributed by atoms with Gasteiger partial charge in [-0.1, -0.05) is 47.7 Å². The number of fused-ring (bicyclic) bond motifs is 1. The van der Waals surface area contributed by atoms with Crippen molar-refractivity contribution in [3.05, 3.63) is 77.1 Å². The van der Waals surface area contributed by atoms with Gasteiger partial charge in [-0.3, -0.25) is 14.4 Å². The maximum absolute atomic E-state index is 13.3. The Balaban J connectivity index is 1.78. The zero-order valence-electron chi connectivity index (χ0n) is 16.2. The van der Waals surface area contributed by atoms with E-state index in [9.17, 15) is 4.79 Å². The second-order valence-corrected chi connectivity index (χ2v) is 7.79. The normalized spacial score (nSPS) is 11.1. The highest BCUT2D eigenvalue weighted by atomic mass is 32.1. The summed E-state index contributed by atoms with van der Waals surface area (Å²) in [6.07, 6.45) is 1.83. The number of nitrogens with zero attached hydrogens (tertiary/aromatic N) is 4. The van der Waals surface area contributed by atoms with Crippen molar-refractivity contribution in [3.63, 3.8) is 0 Å². The number of aryl methyl sites for hydroxylation is 3. The standard InChI is InChI=1S/C22H22N4OS/c1-4-25-13-12-18(24-25)21(27)26(14-17-8-6-5-7-9-17)22-23-20-16(3)15(2)10-11-19(20)28-22/h5-13H,4,14H2,1-3H3. The van der Waals surface area contributed by atoms with Crippen molar-refractivity contribution < 1.29 is 4.79 Å². The highest BCUT2D eigenvalue weighted by Crippen LogP contribution is 2.33. The molecule has 6 heteroatoms. The molecule has 0 unspecified atom stereocenters. The molecule has 0 radical (unpaired) electrons. The van der Waals surface area contributed by atoms with Crippen LogP contribution in [-0.2, 0) is 13.1 Å². The van der Waals surface area contributed by atoms with Crippen LogP contribution in [0.1, 0.15) is 34.1 Å². The van der Waals surface area contributed by atoms with Crippen molar-refractivity contribution in [2.45, 2.75) is 33.9 Å². The van der Waals surface area contributed by atoms with E-state index in [1.807, 2.05) is 43.5 Å². The Kier molecular flexibility index (Phi) is 4.96. The molecule has 0 saturated carbocycles. The average molecular weight is 391 g/mol. The van der Waals surface area contributed by atoms with Crippen molar-refractivity contribution in [2.75, 3.05) is 4.90 Å². The maximum Gasteiger partial charge on any atom is 0.280 e. The van der Waals surface area contributed by atoms with Crippen LogP contribution >= 0.6 is 11.3 Å². The van der Waals surface area contributed by atoms with Gasteiger partial charge in [0.05, 0.1) is 16.8 Å². The third-order valence-electron chi connectivity index (χ3n) is 4.92. The molecule has 0 fully saturated rings. The lowest BCUT2D eigenvalue weighted by Gasteiger charge is -2.19. The Morgan fingerprint density at radius 3 is 2.61 bits per heavy atom. The number of anilines is 1. The van der Waals surface area contributed by atoms with Gasteiger partial charge in [-0.25, -0.2) is 4.98 Å². The number of amides is 1. The lowest BCUT2D eigenvalue weighted by molar-refractivity contribution is 0.0979. The monoisotopic (exact) mass is 390 g/mol. The lowest BCUT2D eigenvalue weighted by Crippen LogP contribution is -2.30. The van der Waals surface area contributed by atoms with Gasteiger partial charge in [0.25, 0.3) is 5.91 Å². The van der Waals surface area contributed by atoms with E-state index in [4.69, 9.17) is 4.98 Å². The summed E-state index contributed by atoms with van der Waals surface area (Å²) in [5.74, 6) is -0.135. The van der Waals surface area contributed by atoms with Crippen molar-refractivity contribution in [3.8, 4) is 0 Å². The minimum absolute atomic E-state index is 0.135. The predicted octanol–water partition coefficient (Wildman–Crippen LogP) is 4.98. The van der Waals surface area contributed by atoms with Crippen LogP contribution in [0.3, 0.4) is 0 Å². The molecule has 2 aromatic carbocycles. The number of hydrogen-bond donors (Lipinski definition) is 0. The topological polar surface area (TPSA) is 51.0 Å². The van der Waals surface area contributed by atoms with Crippen LogP contribution < -0.4 is 4.90 Å². The SMILES string of the molecule is CCn1ccc(C(=O)N(Cc2ccccc2)c2nc3c(C)c(C)ccc3s2)n1. The number of benzene rings is 2. The summed E-state index contributed by atoms with van der Waals surface area (Å²) in [6, 6.07) is 15.9. The van der Waals surface area contributed by atoms with Gasteiger partial charge in [0, 0.05) is 12.7 Å². The summed E-state index contributed by atoms with van der Waals surface area (Å²) in [6.45, 7) is 7.34. The summed E-state index contributed by atoms with van der Waals surface area (Å²) >= 11 is 1.54. The molecule has 0 saturated heterocycles. The van der Waals surface area contributed by atoms with Crippen LogP contribution in [0.5, 0.6) is 0 Å². The smallest absolute Gasteiger partial charge is 0.278 e. The van der Waals surface area contributed by atoms with Crippen LogP contribution in [0.4, 0.5) is 5.13 Å². The molecule has 0 aliphatic heterocycles. The molecule has 5 nitrogen and oxygen atoms in total. The van der Waals surface area contributed by atoms with Gasteiger partial charge in [-0.2, -0.15) is 5.10 Å². The highest BCUT2D eigenvalue weighted by Gasteiger charge is 2.24. The van der Waals surface area contributed by atoms with Gasteiger partial charge >= 0.3 is 0 Å².